The van der Waals surface area contributed by atoms with Gasteiger partial charge < -0.3 is 14.2 Å². The highest BCUT2D eigenvalue weighted by atomic mass is 32.2. The van der Waals surface area contributed by atoms with Gasteiger partial charge in [0, 0.05) is 6.07 Å². The van der Waals surface area contributed by atoms with Crippen LogP contribution in [0, 0.1) is 17.0 Å². The van der Waals surface area contributed by atoms with Crippen molar-refractivity contribution in [1.29, 1.82) is 0 Å². The Morgan fingerprint density at radius 1 is 1.31 bits per heavy atom. The molecule has 1 amide bonds. The maximum atomic E-state index is 12.3. The van der Waals surface area contributed by atoms with E-state index in [4.69, 9.17) is 8.83 Å². The first-order valence-corrected chi connectivity index (χ1v) is 8.42. The number of hydrogen-bond donors (Lipinski definition) is 1. The fourth-order valence-corrected chi connectivity index (χ4v) is 2.83. The van der Waals surface area contributed by atoms with E-state index in [2.05, 4.69) is 15.5 Å². The van der Waals surface area contributed by atoms with Crippen molar-refractivity contribution in [2.75, 3.05) is 5.32 Å². The number of carbonyl (C=O) groups excluding carboxylic acids is 1. The lowest BCUT2D eigenvalue weighted by atomic mass is 10.2. The Kier molecular flexibility index (Phi) is 5.03. The number of thioether (sulfide) groups is 1. The van der Waals surface area contributed by atoms with Gasteiger partial charge in [0.05, 0.1) is 22.0 Å². The number of nitro benzene ring substituents is 1. The molecular formula is C16H14N4O5S. The zero-order chi connectivity index (χ0) is 18.7. The number of nitro groups is 1. The van der Waals surface area contributed by atoms with Crippen molar-refractivity contribution in [2.24, 2.45) is 0 Å². The lowest BCUT2D eigenvalue weighted by Gasteiger charge is -2.09. The number of hydrogen-bond acceptors (Lipinski definition) is 8. The highest BCUT2D eigenvalue weighted by molar-refractivity contribution is 8.00. The minimum atomic E-state index is -0.603. The quantitative estimate of drug-likeness (QED) is 0.394. The van der Waals surface area contributed by atoms with Gasteiger partial charge in [-0.15, -0.1) is 10.2 Å². The van der Waals surface area contributed by atoms with E-state index < -0.39 is 16.1 Å². The Morgan fingerprint density at radius 3 is 2.77 bits per heavy atom. The highest BCUT2D eigenvalue weighted by Gasteiger charge is 2.22. The molecule has 2 heterocycles. The van der Waals surface area contributed by atoms with Crippen LogP contribution in [0.25, 0.3) is 11.5 Å². The summed E-state index contributed by atoms with van der Waals surface area (Å²) in [7, 11) is 0. The first kappa shape index (κ1) is 17.7. The molecule has 0 unspecified atom stereocenters. The summed E-state index contributed by atoms with van der Waals surface area (Å²) in [5.74, 6) is 0.529. The van der Waals surface area contributed by atoms with Gasteiger partial charge in [-0.25, -0.2) is 0 Å². The molecule has 0 spiro atoms. The standard InChI is InChI=1S/C16H14N4O5S/c1-9-11(7-8-24-9)15-18-19-16(25-15)26-10(2)14(21)17-12-5-3-4-6-13(12)20(22)23/h3-8,10H,1-2H3,(H,17,21)/t10-/m1/s1. The molecule has 0 bridgehead atoms. The molecule has 0 saturated carbocycles. The average Bonchev–Trinajstić information content (AvgIpc) is 3.23. The normalized spacial score (nSPS) is 11.9. The van der Waals surface area contributed by atoms with Crippen molar-refractivity contribution in [1.82, 2.24) is 10.2 Å². The van der Waals surface area contributed by atoms with Gasteiger partial charge in [0.15, 0.2) is 0 Å². The first-order chi connectivity index (χ1) is 12.5. The number of nitrogens with zero attached hydrogens (tertiary/aromatic N) is 3. The van der Waals surface area contributed by atoms with Crippen LogP contribution in [0.5, 0.6) is 0 Å². The van der Waals surface area contributed by atoms with Crippen molar-refractivity contribution in [2.45, 2.75) is 24.3 Å². The van der Waals surface area contributed by atoms with Gasteiger partial charge >= 0.3 is 0 Å². The zero-order valence-corrected chi connectivity index (χ0v) is 14.6. The number of aromatic nitrogens is 2. The number of benzene rings is 1. The van der Waals surface area contributed by atoms with Crippen LogP contribution < -0.4 is 5.32 Å². The molecule has 134 valence electrons. The summed E-state index contributed by atoms with van der Waals surface area (Å²) in [6, 6.07) is 7.65. The Balaban J connectivity index is 1.68. The van der Waals surface area contributed by atoms with E-state index in [1.54, 1.807) is 26.0 Å². The number of aryl methyl sites for hydroxylation is 1. The second kappa shape index (κ2) is 7.40. The number of rotatable bonds is 6. The van der Waals surface area contributed by atoms with Gasteiger partial charge in [-0.05, 0) is 26.0 Å². The fourth-order valence-electron chi connectivity index (χ4n) is 2.15. The van der Waals surface area contributed by atoms with Crippen molar-refractivity contribution >= 4 is 29.0 Å². The topological polar surface area (TPSA) is 124 Å². The fraction of sp³-hybridized carbons (Fsp3) is 0.188. The van der Waals surface area contributed by atoms with Crippen LogP contribution in [-0.2, 0) is 4.79 Å². The summed E-state index contributed by atoms with van der Waals surface area (Å²) in [5, 5.41) is 21.0. The highest BCUT2D eigenvalue weighted by Crippen LogP contribution is 2.29. The van der Waals surface area contributed by atoms with Gasteiger partial charge in [0.2, 0.25) is 5.91 Å². The monoisotopic (exact) mass is 374 g/mol. The molecule has 3 aromatic rings. The third-order valence-electron chi connectivity index (χ3n) is 3.50. The summed E-state index contributed by atoms with van der Waals surface area (Å²) in [6.45, 7) is 3.41. The minimum absolute atomic E-state index is 0.134. The number of anilines is 1. The number of amides is 1. The van der Waals surface area contributed by atoms with Gasteiger partial charge in [-0.1, -0.05) is 23.9 Å². The summed E-state index contributed by atoms with van der Waals surface area (Å²) in [5.41, 5.74) is 0.644. The van der Waals surface area contributed by atoms with Crippen molar-refractivity contribution in [3.8, 4) is 11.5 Å². The largest absolute Gasteiger partial charge is 0.469 e. The summed E-state index contributed by atoms with van der Waals surface area (Å²) < 4.78 is 10.7. The van der Waals surface area contributed by atoms with Crippen LogP contribution in [0.1, 0.15) is 12.7 Å². The van der Waals surface area contributed by atoms with E-state index in [-0.39, 0.29) is 16.6 Å². The number of para-hydroxylation sites is 2. The van der Waals surface area contributed by atoms with Gasteiger partial charge in [-0.3, -0.25) is 14.9 Å². The van der Waals surface area contributed by atoms with Crippen LogP contribution in [0.3, 0.4) is 0 Å². The smallest absolute Gasteiger partial charge is 0.292 e. The van der Waals surface area contributed by atoms with Gasteiger partial charge in [-0.2, -0.15) is 0 Å². The average molecular weight is 374 g/mol. The van der Waals surface area contributed by atoms with E-state index in [0.717, 1.165) is 11.8 Å². The van der Waals surface area contributed by atoms with E-state index in [0.29, 0.717) is 17.2 Å². The molecule has 2 aromatic heterocycles. The van der Waals surface area contributed by atoms with Crippen LogP contribution in [0.15, 0.2) is 50.7 Å². The number of furan rings is 1. The molecule has 0 saturated heterocycles. The van der Waals surface area contributed by atoms with Crippen LogP contribution >= 0.6 is 11.8 Å². The summed E-state index contributed by atoms with van der Waals surface area (Å²) >= 11 is 1.06. The Hall–Kier alpha value is -3.14. The molecule has 1 N–H and O–H groups in total. The first-order valence-electron chi connectivity index (χ1n) is 7.54. The molecule has 1 aromatic carbocycles. The molecule has 0 aliphatic carbocycles. The van der Waals surface area contributed by atoms with Crippen LogP contribution in [-0.4, -0.2) is 26.3 Å². The molecular weight excluding hydrogens is 360 g/mol. The van der Waals surface area contributed by atoms with Crippen molar-refractivity contribution in [3.05, 3.63) is 52.5 Å². The lowest BCUT2D eigenvalue weighted by Crippen LogP contribution is -2.22. The Labute approximate surface area is 151 Å². The third kappa shape index (κ3) is 3.75. The minimum Gasteiger partial charge on any atom is -0.469 e. The Bertz CT molecular complexity index is 952. The second-order valence-electron chi connectivity index (χ2n) is 5.29. The third-order valence-corrected chi connectivity index (χ3v) is 4.44. The summed E-state index contributed by atoms with van der Waals surface area (Å²) in [6.07, 6.45) is 1.52. The van der Waals surface area contributed by atoms with Crippen LogP contribution in [0.4, 0.5) is 11.4 Å². The second-order valence-corrected chi connectivity index (χ2v) is 6.58. The van der Waals surface area contributed by atoms with Crippen molar-refractivity contribution in [3.63, 3.8) is 0 Å². The lowest BCUT2D eigenvalue weighted by molar-refractivity contribution is -0.383. The van der Waals surface area contributed by atoms with E-state index in [1.807, 2.05) is 0 Å². The maximum Gasteiger partial charge on any atom is 0.292 e. The van der Waals surface area contributed by atoms with Crippen LogP contribution in [0.2, 0.25) is 0 Å². The van der Waals surface area contributed by atoms with Gasteiger partial charge in [0.1, 0.15) is 11.4 Å². The van der Waals surface area contributed by atoms with E-state index in [1.165, 1.54) is 24.5 Å². The molecule has 0 radical (unpaired) electrons. The molecule has 10 heteroatoms. The molecule has 0 aliphatic rings. The number of nitrogens with one attached hydrogen (secondary N) is 1. The number of carbonyl (C=O) groups is 1. The maximum absolute atomic E-state index is 12.3. The molecule has 0 aliphatic heterocycles. The zero-order valence-electron chi connectivity index (χ0n) is 13.8. The predicted molar refractivity (Wildman–Crippen MR) is 93.8 cm³/mol. The molecule has 9 nitrogen and oxygen atoms in total. The van der Waals surface area contributed by atoms with Crippen molar-refractivity contribution < 1.29 is 18.6 Å². The molecule has 1 atom stereocenters. The Morgan fingerprint density at radius 2 is 2.08 bits per heavy atom. The van der Waals surface area contributed by atoms with E-state index >= 15 is 0 Å². The van der Waals surface area contributed by atoms with E-state index in [9.17, 15) is 14.9 Å². The summed E-state index contributed by atoms with van der Waals surface area (Å²) in [4.78, 5) is 22.8. The molecule has 26 heavy (non-hydrogen) atoms. The SMILES string of the molecule is Cc1occc1-c1nnc(S[C@H](C)C(=O)Nc2ccccc2[N+](=O)[O-])o1. The molecule has 3 rings (SSSR count). The molecule has 0 fully saturated rings. The predicted octanol–water partition coefficient (Wildman–Crippen LogP) is 3.67. The van der Waals surface area contributed by atoms with Gasteiger partial charge in [0.25, 0.3) is 16.8 Å².